The molecule has 0 N–H and O–H groups in total. The number of hydrogen-bond donors (Lipinski definition) is 0. The van der Waals surface area contributed by atoms with Crippen LogP contribution in [0.4, 0.5) is 13.2 Å². The molecule has 0 aliphatic carbocycles. The summed E-state index contributed by atoms with van der Waals surface area (Å²) in [5.74, 6) is 0.329. The predicted octanol–water partition coefficient (Wildman–Crippen LogP) is 4.90. The molecule has 0 bridgehead atoms. The number of halogens is 4. The van der Waals surface area contributed by atoms with E-state index in [2.05, 4.69) is 0 Å². The Morgan fingerprint density at radius 3 is 2.40 bits per heavy atom. The lowest BCUT2D eigenvalue weighted by Gasteiger charge is -2.13. The molecular formula is C16H15ClF3NO2S2. The summed E-state index contributed by atoms with van der Waals surface area (Å²) in [7, 11) is -0.689. The minimum absolute atomic E-state index is 0.141. The Balaban J connectivity index is 2.20. The van der Waals surface area contributed by atoms with Crippen LogP contribution in [0.1, 0.15) is 11.1 Å². The highest BCUT2D eigenvalue weighted by Gasteiger charge is 2.33. The fraction of sp³-hybridized carbons (Fsp3) is 0.250. The van der Waals surface area contributed by atoms with Crippen LogP contribution in [0, 0.1) is 0 Å². The van der Waals surface area contributed by atoms with Crippen LogP contribution in [0.15, 0.2) is 52.3 Å². The van der Waals surface area contributed by atoms with E-state index in [0.29, 0.717) is 16.2 Å². The summed E-state index contributed by atoms with van der Waals surface area (Å²) in [5, 5.41) is -0.351. The summed E-state index contributed by atoms with van der Waals surface area (Å²) in [6, 6.07) is 10.0. The van der Waals surface area contributed by atoms with Crippen molar-refractivity contribution >= 4 is 33.4 Å². The van der Waals surface area contributed by atoms with Crippen LogP contribution in [-0.4, -0.2) is 26.8 Å². The summed E-state index contributed by atoms with van der Waals surface area (Å²) >= 11 is 6.77. The van der Waals surface area contributed by atoms with Crippen LogP contribution in [0.3, 0.4) is 0 Å². The van der Waals surface area contributed by atoms with Crippen LogP contribution in [0.25, 0.3) is 0 Å². The molecule has 0 spiro atoms. The normalized spacial score (nSPS) is 12.6. The number of nitrogens with zero attached hydrogens (tertiary/aromatic N) is 1. The van der Waals surface area contributed by atoms with E-state index < -0.39 is 21.8 Å². The Hall–Kier alpha value is -1.22. The van der Waals surface area contributed by atoms with Crippen LogP contribution >= 0.6 is 23.4 Å². The van der Waals surface area contributed by atoms with Crippen LogP contribution < -0.4 is 0 Å². The molecule has 0 atom stereocenters. The van der Waals surface area contributed by atoms with Crippen molar-refractivity contribution < 1.29 is 21.6 Å². The first-order valence-corrected chi connectivity index (χ1v) is 9.83. The van der Waals surface area contributed by atoms with Gasteiger partial charge in [-0.1, -0.05) is 23.7 Å². The summed E-state index contributed by atoms with van der Waals surface area (Å²) in [5.41, 5.74) is -0.195. The summed E-state index contributed by atoms with van der Waals surface area (Å²) in [6.45, 7) is 0. The molecule has 2 aromatic rings. The van der Waals surface area contributed by atoms with Gasteiger partial charge in [0.05, 0.1) is 15.5 Å². The smallest absolute Gasteiger partial charge is 0.207 e. The molecule has 0 unspecified atom stereocenters. The van der Waals surface area contributed by atoms with E-state index >= 15 is 0 Å². The third kappa shape index (κ3) is 4.91. The molecule has 0 amide bonds. The second-order valence-electron chi connectivity index (χ2n) is 5.36. The Labute approximate surface area is 153 Å². The van der Waals surface area contributed by atoms with E-state index in [1.807, 2.05) is 0 Å². The lowest BCUT2D eigenvalue weighted by molar-refractivity contribution is -0.137. The molecule has 0 saturated carbocycles. The molecule has 0 heterocycles. The SMILES string of the molecule is CN(C)S(=O)(=O)c1cccc(CSc2ccc(Cl)c(C(F)(F)F)c2)c1. The van der Waals surface area contributed by atoms with Gasteiger partial charge in [0.2, 0.25) is 10.0 Å². The molecule has 0 saturated heterocycles. The van der Waals surface area contributed by atoms with Crippen LogP contribution in [0.5, 0.6) is 0 Å². The molecule has 9 heteroatoms. The number of rotatable bonds is 5. The van der Waals surface area contributed by atoms with E-state index in [0.717, 1.165) is 10.4 Å². The zero-order valence-electron chi connectivity index (χ0n) is 13.3. The van der Waals surface area contributed by atoms with Gasteiger partial charge in [0.25, 0.3) is 0 Å². The largest absolute Gasteiger partial charge is 0.417 e. The molecule has 25 heavy (non-hydrogen) atoms. The van der Waals surface area contributed by atoms with Gasteiger partial charge in [0, 0.05) is 24.7 Å². The van der Waals surface area contributed by atoms with Gasteiger partial charge in [-0.25, -0.2) is 12.7 Å². The van der Waals surface area contributed by atoms with Crippen molar-refractivity contribution in [2.24, 2.45) is 0 Å². The zero-order valence-corrected chi connectivity index (χ0v) is 15.7. The molecular weight excluding hydrogens is 395 g/mol. The highest BCUT2D eigenvalue weighted by Crippen LogP contribution is 2.37. The first-order chi connectivity index (χ1) is 11.5. The first-order valence-electron chi connectivity index (χ1n) is 7.03. The molecule has 3 nitrogen and oxygen atoms in total. The number of thioether (sulfide) groups is 1. The van der Waals surface area contributed by atoms with E-state index in [4.69, 9.17) is 11.6 Å². The van der Waals surface area contributed by atoms with Crippen molar-refractivity contribution in [1.29, 1.82) is 0 Å². The van der Waals surface area contributed by atoms with Crippen LogP contribution in [-0.2, 0) is 22.0 Å². The fourth-order valence-corrected chi connectivity index (χ4v) is 4.06. The standard InChI is InChI=1S/C16H15ClF3NO2S2/c1-21(2)25(22,23)13-5-3-4-11(8-13)10-24-12-6-7-15(17)14(9-12)16(18,19)20/h3-9H,10H2,1-2H3. The Bertz CT molecular complexity index is 868. The van der Waals surface area contributed by atoms with Crippen molar-refractivity contribution in [2.75, 3.05) is 14.1 Å². The molecule has 2 rings (SSSR count). The van der Waals surface area contributed by atoms with E-state index in [9.17, 15) is 21.6 Å². The average Bonchev–Trinajstić information content (AvgIpc) is 2.53. The average molecular weight is 410 g/mol. The van der Waals surface area contributed by atoms with Gasteiger partial charge in [0.1, 0.15) is 0 Å². The summed E-state index contributed by atoms with van der Waals surface area (Å²) < 4.78 is 64.0. The number of benzene rings is 2. The predicted molar refractivity (Wildman–Crippen MR) is 93.3 cm³/mol. The van der Waals surface area contributed by atoms with Crippen molar-refractivity contribution in [3.05, 3.63) is 58.6 Å². The molecule has 0 fully saturated rings. The molecule has 0 aliphatic heterocycles. The van der Waals surface area contributed by atoms with Crippen LogP contribution in [0.2, 0.25) is 5.02 Å². The van der Waals surface area contributed by atoms with Gasteiger partial charge in [-0.3, -0.25) is 0 Å². The van der Waals surface area contributed by atoms with Crippen molar-refractivity contribution in [2.45, 2.75) is 21.7 Å². The minimum Gasteiger partial charge on any atom is -0.207 e. The van der Waals surface area contributed by atoms with Crippen molar-refractivity contribution in [1.82, 2.24) is 4.31 Å². The summed E-state index contributed by atoms with van der Waals surface area (Å²) in [4.78, 5) is 0.542. The molecule has 0 aliphatic rings. The molecule has 2 aromatic carbocycles. The monoisotopic (exact) mass is 409 g/mol. The van der Waals surface area contributed by atoms with Gasteiger partial charge in [-0.05, 0) is 35.9 Å². The van der Waals surface area contributed by atoms with E-state index in [1.54, 1.807) is 12.1 Å². The maximum atomic E-state index is 12.9. The van der Waals surface area contributed by atoms with Gasteiger partial charge < -0.3 is 0 Å². The quantitative estimate of drug-likeness (QED) is 0.659. The molecule has 0 aromatic heterocycles. The highest BCUT2D eigenvalue weighted by atomic mass is 35.5. The Kier molecular flexibility index (Phi) is 6.09. The number of alkyl halides is 3. The number of sulfonamides is 1. The number of hydrogen-bond acceptors (Lipinski definition) is 3. The maximum absolute atomic E-state index is 12.9. The second-order valence-corrected chi connectivity index (χ2v) is 8.97. The van der Waals surface area contributed by atoms with Crippen molar-refractivity contribution in [3.63, 3.8) is 0 Å². The van der Waals surface area contributed by atoms with Gasteiger partial charge in [-0.2, -0.15) is 13.2 Å². The highest BCUT2D eigenvalue weighted by molar-refractivity contribution is 7.98. The summed E-state index contributed by atoms with van der Waals surface area (Å²) in [6.07, 6.45) is -4.52. The Morgan fingerprint density at radius 1 is 1.12 bits per heavy atom. The minimum atomic E-state index is -4.52. The third-order valence-corrected chi connectivity index (χ3v) is 6.53. The molecule has 0 radical (unpaired) electrons. The first kappa shape index (κ1) is 20.1. The lowest BCUT2D eigenvalue weighted by atomic mass is 10.2. The maximum Gasteiger partial charge on any atom is 0.417 e. The topological polar surface area (TPSA) is 37.4 Å². The lowest BCUT2D eigenvalue weighted by Crippen LogP contribution is -2.22. The van der Waals surface area contributed by atoms with Crippen molar-refractivity contribution in [3.8, 4) is 0 Å². The third-order valence-electron chi connectivity index (χ3n) is 3.33. The Morgan fingerprint density at radius 2 is 1.80 bits per heavy atom. The van der Waals surface area contributed by atoms with Gasteiger partial charge in [0.15, 0.2) is 0 Å². The zero-order chi connectivity index (χ0) is 18.8. The van der Waals surface area contributed by atoms with Gasteiger partial charge in [-0.15, -0.1) is 11.8 Å². The van der Waals surface area contributed by atoms with E-state index in [1.165, 1.54) is 50.1 Å². The van der Waals surface area contributed by atoms with Gasteiger partial charge >= 0.3 is 6.18 Å². The fourth-order valence-electron chi connectivity index (χ4n) is 1.98. The van der Waals surface area contributed by atoms with E-state index in [-0.39, 0.29) is 9.92 Å². The second kappa shape index (κ2) is 7.57. The molecule has 136 valence electrons.